The van der Waals surface area contributed by atoms with Crippen molar-refractivity contribution in [3.8, 4) is 0 Å². The molecule has 0 bridgehead atoms. The summed E-state index contributed by atoms with van der Waals surface area (Å²) in [6.45, 7) is 0. The van der Waals surface area contributed by atoms with E-state index in [2.05, 4.69) is 0 Å². The molecule has 140 valence electrons. The summed E-state index contributed by atoms with van der Waals surface area (Å²) >= 11 is 0. The summed E-state index contributed by atoms with van der Waals surface area (Å²) < 4.78 is 0. The summed E-state index contributed by atoms with van der Waals surface area (Å²) in [6.07, 6.45) is 19.3. The lowest BCUT2D eigenvalue weighted by molar-refractivity contribution is -0.150. The third kappa shape index (κ3) is 2.45. The van der Waals surface area contributed by atoms with E-state index < -0.39 is 0 Å². The van der Waals surface area contributed by atoms with Gasteiger partial charge in [0.05, 0.1) is 5.41 Å². The monoisotopic (exact) mass is 343 g/mol. The van der Waals surface area contributed by atoms with E-state index in [0.717, 1.165) is 48.3 Å². The zero-order chi connectivity index (χ0) is 17.0. The molecule has 0 aliphatic heterocycles. The Hall–Kier alpha value is -0.530. The van der Waals surface area contributed by atoms with Gasteiger partial charge in [0.25, 0.3) is 0 Å². The number of fused-ring (bicyclic) bond motifs is 7. The number of hydrogen-bond donors (Lipinski definition) is 1. The molecule has 1 amide bonds. The van der Waals surface area contributed by atoms with Crippen molar-refractivity contribution in [2.75, 3.05) is 0 Å². The van der Waals surface area contributed by atoms with Crippen LogP contribution in [0.2, 0.25) is 0 Å². The van der Waals surface area contributed by atoms with Gasteiger partial charge in [-0.25, -0.2) is 0 Å². The molecular weight excluding hydrogens is 306 g/mol. The summed E-state index contributed by atoms with van der Waals surface area (Å²) in [5.74, 6) is 6.57. The maximum absolute atomic E-state index is 12.5. The highest BCUT2D eigenvalue weighted by atomic mass is 16.1. The molecule has 5 fully saturated rings. The van der Waals surface area contributed by atoms with Crippen molar-refractivity contribution in [1.29, 1.82) is 0 Å². The Balaban J connectivity index is 1.40. The van der Waals surface area contributed by atoms with Gasteiger partial charge in [0, 0.05) is 0 Å². The molecular formula is C23H37NO. The van der Waals surface area contributed by atoms with Crippen LogP contribution in [0.1, 0.15) is 89.9 Å². The Morgan fingerprint density at radius 1 is 0.640 bits per heavy atom. The molecule has 0 aromatic carbocycles. The summed E-state index contributed by atoms with van der Waals surface area (Å²) in [5.41, 5.74) is 5.90. The van der Waals surface area contributed by atoms with Crippen molar-refractivity contribution in [2.45, 2.75) is 89.9 Å². The molecule has 8 unspecified atom stereocenters. The molecule has 5 aliphatic carbocycles. The van der Waals surface area contributed by atoms with Gasteiger partial charge in [-0.2, -0.15) is 0 Å². The van der Waals surface area contributed by atoms with Gasteiger partial charge >= 0.3 is 0 Å². The van der Waals surface area contributed by atoms with Gasteiger partial charge < -0.3 is 5.73 Å². The summed E-state index contributed by atoms with van der Waals surface area (Å²) in [4.78, 5) is 12.5. The number of hydrogen-bond acceptors (Lipinski definition) is 1. The van der Waals surface area contributed by atoms with Crippen LogP contribution in [0.3, 0.4) is 0 Å². The maximum atomic E-state index is 12.5. The summed E-state index contributed by atoms with van der Waals surface area (Å²) in [7, 11) is 0. The number of carbonyl (C=O) groups excluding carboxylic acids is 1. The molecule has 2 heteroatoms. The van der Waals surface area contributed by atoms with Gasteiger partial charge in [0.15, 0.2) is 0 Å². The highest BCUT2D eigenvalue weighted by Crippen LogP contribution is 2.63. The van der Waals surface area contributed by atoms with Crippen LogP contribution in [0.25, 0.3) is 0 Å². The molecule has 0 saturated heterocycles. The van der Waals surface area contributed by atoms with Crippen LogP contribution in [0.5, 0.6) is 0 Å². The molecule has 0 spiro atoms. The first-order chi connectivity index (χ1) is 12.2. The number of rotatable bonds is 1. The van der Waals surface area contributed by atoms with Crippen molar-refractivity contribution < 1.29 is 4.79 Å². The zero-order valence-electron chi connectivity index (χ0n) is 15.9. The Labute approximate surface area is 153 Å². The third-order valence-corrected chi connectivity index (χ3v) is 9.90. The van der Waals surface area contributed by atoms with E-state index in [9.17, 15) is 4.79 Å². The quantitative estimate of drug-likeness (QED) is 0.689. The van der Waals surface area contributed by atoms with Gasteiger partial charge in [-0.3, -0.25) is 4.79 Å². The van der Waals surface area contributed by atoms with Crippen LogP contribution in [0.15, 0.2) is 0 Å². The van der Waals surface area contributed by atoms with Gasteiger partial charge in [-0.05, 0) is 99.2 Å². The predicted octanol–water partition coefficient (Wildman–Crippen LogP) is 5.30. The van der Waals surface area contributed by atoms with Crippen molar-refractivity contribution in [1.82, 2.24) is 0 Å². The first-order valence-electron chi connectivity index (χ1n) is 11.5. The average molecular weight is 344 g/mol. The van der Waals surface area contributed by atoms with E-state index in [1.54, 1.807) is 0 Å². The lowest BCUT2D eigenvalue weighted by Crippen LogP contribution is -2.56. The molecule has 2 N–H and O–H groups in total. The standard InChI is InChI=1S/C23H37NO/c24-22(25)23-13-4-3-7-21(23)20-11-10-17-16-6-2-1-5-15(16)8-9-18(17)19(20)12-14-23/h15-21H,1-14H2,(H2,24,25). The van der Waals surface area contributed by atoms with Crippen molar-refractivity contribution >= 4 is 5.91 Å². The van der Waals surface area contributed by atoms with E-state index in [1.165, 1.54) is 77.0 Å². The second-order valence-electron chi connectivity index (χ2n) is 10.4. The SMILES string of the molecule is NC(=O)C12CCCCC1C1CCC3C4CCCCC4CCC3C1CC2. The molecule has 25 heavy (non-hydrogen) atoms. The van der Waals surface area contributed by atoms with Crippen molar-refractivity contribution in [3.05, 3.63) is 0 Å². The molecule has 0 aromatic rings. The normalized spacial score (nSPS) is 52.2. The van der Waals surface area contributed by atoms with E-state index in [0.29, 0.717) is 5.92 Å². The number of nitrogens with two attached hydrogens (primary N) is 1. The van der Waals surface area contributed by atoms with Gasteiger partial charge in [-0.15, -0.1) is 0 Å². The fourth-order valence-corrected chi connectivity index (χ4v) is 8.95. The fourth-order valence-electron chi connectivity index (χ4n) is 8.95. The smallest absolute Gasteiger partial charge is 0.223 e. The molecule has 8 atom stereocenters. The van der Waals surface area contributed by atoms with Crippen molar-refractivity contribution in [3.63, 3.8) is 0 Å². The van der Waals surface area contributed by atoms with Gasteiger partial charge in [0.2, 0.25) is 5.91 Å². The third-order valence-electron chi connectivity index (χ3n) is 9.90. The minimum atomic E-state index is -0.117. The fraction of sp³-hybridized carbons (Fsp3) is 0.957. The molecule has 5 rings (SSSR count). The Bertz CT molecular complexity index is 530. The predicted molar refractivity (Wildman–Crippen MR) is 101 cm³/mol. The Kier molecular flexibility index (Phi) is 4.17. The molecule has 2 nitrogen and oxygen atoms in total. The number of amides is 1. The van der Waals surface area contributed by atoms with Crippen LogP contribution in [0, 0.1) is 46.8 Å². The van der Waals surface area contributed by atoms with E-state index in [4.69, 9.17) is 5.73 Å². The highest BCUT2D eigenvalue weighted by molar-refractivity contribution is 5.81. The number of carbonyl (C=O) groups is 1. The lowest BCUT2D eigenvalue weighted by Gasteiger charge is -2.60. The van der Waals surface area contributed by atoms with Crippen LogP contribution < -0.4 is 5.73 Å². The second kappa shape index (κ2) is 6.27. The van der Waals surface area contributed by atoms with Gasteiger partial charge in [0.1, 0.15) is 0 Å². The van der Waals surface area contributed by atoms with E-state index in [-0.39, 0.29) is 11.3 Å². The minimum absolute atomic E-state index is 0.0498. The topological polar surface area (TPSA) is 43.1 Å². The minimum Gasteiger partial charge on any atom is -0.369 e. The van der Waals surface area contributed by atoms with Crippen LogP contribution in [-0.2, 0) is 4.79 Å². The van der Waals surface area contributed by atoms with E-state index >= 15 is 0 Å². The van der Waals surface area contributed by atoms with Crippen LogP contribution in [-0.4, -0.2) is 5.91 Å². The summed E-state index contributed by atoms with van der Waals surface area (Å²) in [6, 6.07) is 0. The first-order valence-corrected chi connectivity index (χ1v) is 11.5. The second-order valence-corrected chi connectivity index (χ2v) is 10.4. The van der Waals surface area contributed by atoms with Crippen LogP contribution in [0.4, 0.5) is 0 Å². The van der Waals surface area contributed by atoms with Gasteiger partial charge in [-0.1, -0.05) is 32.1 Å². The Morgan fingerprint density at radius 2 is 1.32 bits per heavy atom. The molecule has 5 saturated carbocycles. The Morgan fingerprint density at radius 3 is 2.20 bits per heavy atom. The number of primary amides is 1. The average Bonchev–Trinajstić information content (AvgIpc) is 2.66. The van der Waals surface area contributed by atoms with Crippen LogP contribution >= 0.6 is 0 Å². The molecule has 0 heterocycles. The molecule has 0 radical (unpaired) electrons. The van der Waals surface area contributed by atoms with Crippen molar-refractivity contribution in [2.24, 2.45) is 52.6 Å². The first kappa shape index (κ1) is 16.6. The molecule has 5 aliphatic rings. The zero-order valence-corrected chi connectivity index (χ0v) is 15.9. The highest BCUT2D eigenvalue weighted by Gasteiger charge is 2.57. The van der Waals surface area contributed by atoms with E-state index in [1.807, 2.05) is 0 Å². The summed E-state index contributed by atoms with van der Waals surface area (Å²) in [5, 5.41) is 0. The largest absolute Gasteiger partial charge is 0.369 e. The molecule has 0 aromatic heterocycles. The lowest BCUT2D eigenvalue weighted by atomic mass is 9.45. The maximum Gasteiger partial charge on any atom is 0.223 e.